The number of amides is 1. The normalized spacial score (nSPS) is 13.3. The summed E-state index contributed by atoms with van der Waals surface area (Å²) in [6.07, 6.45) is 0.209. The Balaban J connectivity index is 1.38. The van der Waals surface area contributed by atoms with Crippen molar-refractivity contribution in [1.29, 1.82) is 0 Å². The lowest BCUT2D eigenvalue weighted by atomic mass is 10.0. The van der Waals surface area contributed by atoms with Gasteiger partial charge < -0.3 is 20.6 Å². The third-order valence-corrected chi connectivity index (χ3v) is 9.00. The van der Waals surface area contributed by atoms with Gasteiger partial charge in [0.1, 0.15) is 12.1 Å². The maximum atomic E-state index is 13.5. The van der Waals surface area contributed by atoms with Crippen molar-refractivity contribution in [2.45, 2.75) is 44.2 Å². The molecule has 3 N–H and O–H groups in total. The van der Waals surface area contributed by atoms with Gasteiger partial charge in [-0.1, -0.05) is 29.8 Å². The minimum absolute atomic E-state index is 0.0685. The van der Waals surface area contributed by atoms with Gasteiger partial charge in [0.2, 0.25) is 0 Å². The molecule has 1 amide bonds. The van der Waals surface area contributed by atoms with Gasteiger partial charge in [0, 0.05) is 54.0 Å². The Kier molecular flexibility index (Phi) is 11.3. The highest BCUT2D eigenvalue weighted by molar-refractivity contribution is 7.98. The van der Waals surface area contributed by atoms with Crippen LogP contribution in [0.25, 0.3) is 11.3 Å². The van der Waals surface area contributed by atoms with E-state index in [-0.39, 0.29) is 23.9 Å². The molecule has 0 bridgehead atoms. The number of hydrogen-bond acceptors (Lipinski definition) is 7. The summed E-state index contributed by atoms with van der Waals surface area (Å²) in [6.45, 7) is 1.90. The van der Waals surface area contributed by atoms with Crippen molar-refractivity contribution in [1.82, 2.24) is 9.97 Å². The van der Waals surface area contributed by atoms with Crippen molar-refractivity contribution in [3.63, 3.8) is 0 Å². The van der Waals surface area contributed by atoms with E-state index in [1.807, 2.05) is 24.3 Å². The molecule has 3 aromatic carbocycles. The van der Waals surface area contributed by atoms with E-state index < -0.39 is 17.7 Å². The lowest BCUT2D eigenvalue weighted by molar-refractivity contribution is -0.138. The Morgan fingerprint density at radius 1 is 0.957 bits per heavy atom. The van der Waals surface area contributed by atoms with Crippen molar-refractivity contribution in [2.75, 3.05) is 34.4 Å². The van der Waals surface area contributed by atoms with Crippen molar-refractivity contribution in [3.8, 4) is 11.3 Å². The second-order valence-corrected chi connectivity index (χ2v) is 12.6. The molecule has 4 aromatic rings. The highest BCUT2D eigenvalue weighted by Crippen LogP contribution is 2.36. The fourth-order valence-corrected chi connectivity index (χ4v) is 6.35. The van der Waals surface area contributed by atoms with Crippen LogP contribution >= 0.6 is 23.4 Å². The molecule has 0 unspecified atom stereocenters. The van der Waals surface area contributed by atoms with Crippen LogP contribution in [0.2, 0.25) is 5.02 Å². The van der Waals surface area contributed by atoms with E-state index in [0.29, 0.717) is 45.4 Å². The maximum absolute atomic E-state index is 13.5. The van der Waals surface area contributed by atoms with Gasteiger partial charge in [-0.05, 0) is 72.9 Å². The molecule has 8 nitrogen and oxygen atoms in total. The number of alkyl halides is 3. The van der Waals surface area contributed by atoms with Gasteiger partial charge in [-0.15, -0.1) is 0 Å². The zero-order chi connectivity index (χ0) is 33.4. The van der Waals surface area contributed by atoms with Crippen LogP contribution in [0.4, 0.5) is 30.4 Å². The fourth-order valence-electron chi connectivity index (χ4n) is 5.24. The number of carbonyl (C=O) groups excluding carboxylic acids is 1. The fraction of sp³-hybridized carbons (Fsp3) is 0.294. The van der Waals surface area contributed by atoms with Crippen molar-refractivity contribution < 1.29 is 27.9 Å². The first-order valence-corrected chi connectivity index (χ1v) is 16.6. The average Bonchev–Trinajstić information content (AvgIpc) is 3.06. The lowest BCUT2D eigenvalue weighted by Gasteiger charge is -2.29. The highest BCUT2D eigenvalue weighted by atomic mass is 35.5. The number of carboxylic acids is 1. The number of carboxylic acid groups (broad SMARTS) is 1. The van der Waals surface area contributed by atoms with Crippen LogP contribution in [0.5, 0.6) is 0 Å². The number of thioether (sulfide) groups is 1. The minimum Gasteiger partial charge on any atom is -0.481 e. The quantitative estimate of drug-likeness (QED) is 0.128. The predicted octanol–water partition coefficient (Wildman–Crippen LogP) is 8.38. The largest absolute Gasteiger partial charge is 0.481 e. The molecule has 0 radical (unpaired) electrons. The summed E-state index contributed by atoms with van der Waals surface area (Å²) in [4.78, 5) is 35.3. The van der Waals surface area contributed by atoms with Crippen LogP contribution in [0.15, 0.2) is 73.1 Å². The molecular formula is C34H33ClF3N5O3S. The first-order chi connectivity index (χ1) is 22.6. The molecule has 0 saturated carbocycles. The standard InChI is InChI=1S/C34H33ClF3N5O3S/c35-28-9-7-22(16-27(28)34(36,37)38)19-39-31-18-30(40-21-41-31)26-17-25(43-12-2-1-3-13-43)8-10-29(26)42-33(46)24-6-4-5-23(15-24)20-47-14-11-32(44)45/h4-10,15-18,21H,1-3,11-14,19-20H2,(H,42,46)(H,44,45)(H,39,40,41). The number of piperidine rings is 1. The number of halogens is 4. The number of anilines is 3. The van der Waals surface area contributed by atoms with Crippen LogP contribution in [0.1, 0.15) is 52.7 Å². The summed E-state index contributed by atoms with van der Waals surface area (Å²) in [5.74, 6) is 0.286. The molecule has 1 saturated heterocycles. The van der Waals surface area contributed by atoms with Crippen LogP contribution in [0.3, 0.4) is 0 Å². The summed E-state index contributed by atoms with van der Waals surface area (Å²) < 4.78 is 40.1. The van der Waals surface area contributed by atoms with Crippen molar-refractivity contribution in [3.05, 3.63) is 100 Å². The minimum atomic E-state index is -4.57. The summed E-state index contributed by atoms with van der Waals surface area (Å²) in [6, 6.07) is 18.5. The van der Waals surface area contributed by atoms with E-state index in [4.69, 9.17) is 16.7 Å². The van der Waals surface area contributed by atoms with Crippen LogP contribution < -0.4 is 15.5 Å². The average molecular weight is 684 g/mol. The Labute approximate surface area is 279 Å². The van der Waals surface area contributed by atoms with Gasteiger partial charge in [-0.3, -0.25) is 9.59 Å². The second kappa shape index (κ2) is 15.5. The van der Waals surface area contributed by atoms with E-state index in [0.717, 1.165) is 43.2 Å². The number of rotatable bonds is 12. The van der Waals surface area contributed by atoms with Crippen LogP contribution in [0, 0.1) is 0 Å². The zero-order valence-electron chi connectivity index (χ0n) is 25.3. The van der Waals surface area contributed by atoms with E-state index in [1.165, 1.54) is 36.6 Å². The van der Waals surface area contributed by atoms with Gasteiger partial charge in [0.25, 0.3) is 5.91 Å². The molecule has 5 rings (SSSR count). The maximum Gasteiger partial charge on any atom is 0.417 e. The number of nitrogens with one attached hydrogen (secondary N) is 2. The van der Waals surface area contributed by atoms with Crippen molar-refractivity contribution >= 4 is 52.4 Å². The SMILES string of the molecule is O=C(O)CCSCc1cccc(C(=O)Nc2ccc(N3CCCCC3)cc2-c2cc(NCc3ccc(Cl)c(C(F)(F)F)c3)ncn2)c1. The Bertz CT molecular complexity index is 1730. The molecule has 1 aromatic heterocycles. The molecule has 1 aliphatic rings. The summed E-state index contributed by atoms with van der Waals surface area (Å²) in [7, 11) is 0. The summed E-state index contributed by atoms with van der Waals surface area (Å²) in [5, 5.41) is 14.6. The summed E-state index contributed by atoms with van der Waals surface area (Å²) in [5.41, 5.74) is 3.55. The lowest BCUT2D eigenvalue weighted by Crippen LogP contribution is -2.29. The van der Waals surface area contributed by atoms with Gasteiger partial charge in [0.15, 0.2) is 0 Å². The number of aliphatic carboxylic acids is 1. The van der Waals surface area contributed by atoms with E-state index in [9.17, 15) is 22.8 Å². The Morgan fingerprint density at radius 3 is 2.53 bits per heavy atom. The van der Waals surface area contributed by atoms with E-state index >= 15 is 0 Å². The van der Waals surface area contributed by atoms with Crippen LogP contribution in [-0.4, -0.2) is 45.8 Å². The zero-order valence-corrected chi connectivity index (χ0v) is 26.9. The number of aromatic nitrogens is 2. The molecule has 13 heteroatoms. The van der Waals surface area contributed by atoms with Gasteiger partial charge in [-0.25, -0.2) is 9.97 Å². The third kappa shape index (κ3) is 9.39. The predicted molar refractivity (Wildman–Crippen MR) is 180 cm³/mol. The highest BCUT2D eigenvalue weighted by Gasteiger charge is 2.33. The van der Waals surface area contributed by atoms with Gasteiger partial charge >= 0.3 is 12.1 Å². The molecule has 0 spiro atoms. The third-order valence-electron chi connectivity index (χ3n) is 7.64. The first-order valence-electron chi connectivity index (χ1n) is 15.1. The van der Waals surface area contributed by atoms with Crippen LogP contribution in [-0.2, 0) is 23.3 Å². The van der Waals surface area contributed by atoms with Crippen molar-refractivity contribution in [2.24, 2.45) is 0 Å². The number of carbonyl (C=O) groups is 2. The number of benzene rings is 3. The monoisotopic (exact) mass is 683 g/mol. The van der Waals surface area contributed by atoms with Gasteiger partial charge in [0.05, 0.1) is 28.4 Å². The number of hydrogen-bond donors (Lipinski definition) is 3. The molecule has 1 aliphatic heterocycles. The van der Waals surface area contributed by atoms with Gasteiger partial charge in [-0.2, -0.15) is 24.9 Å². The number of nitrogens with zero attached hydrogens (tertiary/aromatic N) is 3. The molecule has 246 valence electrons. The first kappa shape index (κ1) is 34.1. The second-order valence-electron chi connectivity index (χ2n) is 11.1. The molecule has 47 heavy (non-hydrogen) atoms. The van der Waals surface area contributed by atoms with E-state index in [1.54, 1.807) is 24.3 Å². The Hall–Kier alpha value is -4.29. The molecular weight excluding hydrogens is 651 g/mol. The molecule has 2 heterocycles. The Morgan fingerprint density at radius 2 is 1.77 bits per heavy atom. The summed E-state index contributed by atoms with van der Waals surface area (Å²) >= 11 is 7.26. The smallest absolute Gasteiger partial charge is 0.417 e. The molecule has 1 fully saturated rings. The molecule has 0 aliphatic carbocycles. The van der Waals surface area contributed by atoms with E-state index in [2.05, 4.69) is 25.5 Å². The molecule has 0 atom stereocenters. The topological polar surface area (TPSA) is 107 Å².